The SMILES string of the molecule is COc1ccc2c(oc(=O)c3ccccc32)c1Cl. The molecule has 4 heteroatoms. The Balaban J connectivity index is 2.58. The van der Waals surface area contributed by atoms with Crippen LogP contribution in [-0.2, 0) is 0 Å². The summed E-state index contributed by atoms with van der Waals surface area (Å²) < 4.78 is 10.4. The van der Waals surface area contributed by atoms with Crippen molar-refractivity contribution in [3.8, 4) is 5.75 Å². The lowest BCUT2D eigenvalue weighted by Crippen LogP contribution is -2.00. The van der Waals surface area contributed by atoms with Gasteiger partial charge >= 0.3 is 5.63 Å². The standard InChI is InChI=1S/C14H9ClO3/c1-17-11-7-6-9-8-4-2-3-5-10(8)14(16)18-13(9)12(11)15/h2-7H,1H3. The highest BCUT2D eigenvalue weighted by Gasteiger charge is 2.12. The molecule has 0 aliphatic carbocycles. The van der Waals surface area contributed by atoms with E-state index in [-0.39, 0.29) is 0 Å². The zero-order valence-corrected chi connectivity index (χ0v) is 10.3. The summed E-state index contributed by atoms with van der Waals surface area (Å²) in [4.78, 5) is 11.9. The van der Waals surface area contributed by atoms with Crippen LogP contribution in [0.25, 0.3) is 21.7 Å². The number of rotatable bonds is 1. The molecule has 0 unspecified atom stereocenters. The second-order valence-electron chi connectivity index (χ2n) is 3.89. The molecule has 0 aliphatic heterocycles. The van der Waals surface area contributed by atoms with E-state index in [1.807, 2.05) is 18.2 Å². The van der Waals surface area contributed by atoms with Gasteiger partial charge in [0, 0.05) is 5.39 Å². The van der Waals surface area contributed by atoms with E-state index in [0.717, 1.165) is 10.8 Å². The number of halogens is 1. The first-order valence-corrected chi connectivity index (χ1v) is 5.78. The fraction of sp³-hybridized carbons (Fsp3) is 0.0714. The first kappa shape index (κ1) is 11.1. The van der Waals surface area contributed by atoms with Crippen molar-refractivity contribution in [1.29, 1.82) is 0 Å². The molecule has 90 valence electrons. The van der Waals surface area contributed by atoms with Gasteiger partial charge in [0.05, 0.1) is 12.5 Å². The number of benzene rings is 2. The molecule has 1 aromatic heterocycles. The van der Waals surface area contributed by atoms with E-state index in [0.29, 0.717) is 21.7 Å². The molecule has 2 aromatic carbocycles. The maximum atomic E-state index is 11.9. The molecule has 0 atom stereocenters. The Morgan fingerprint density at radius 3 is 2.50 bits per heavy atom. The third kappa shape index (κ3) is 1.48. The van der Waals surface area contributed by atoms with Gasteiger partial charge in [0.1, 0.15) is 10.8 Å². The van der Waals surface area contributed by atoms with Crippen LogP contribution >= 0.6 is 11.6 Å². The molecule has 0 radical (unpaired) electrons. The van der Waals surface area contributed by atoms with E-state index in [1.165, 1.54) is 7.11 Å². The number of hydrogen-bond donors (Lipinski definition) is 0. The molecule has 0 N–H and O–H groups in total. The predicted molar refractivity (Wildman–Crippen MR) is 71.6 cm³/mol. The smallest absolute Gasteiger partial charge is 0.344 e. The number of ether oxygens (including phenoxy) is 1. The Morgan fingerprint density at radius 1 is 1.06 bits per heavy atom. The molecule has 3 rings (SSSR count). The Kier molecular flexibility index (Phi) is 2.49. The van der Waals surface area contributed by atoms with Gasteiger partial charge in [-0.1, -0.05) is 29.8 Å². The first-order chi connectivity index (χ1) is 8.72. The summed E-state index contributed by atoms with van der Waals surface area (Å²) in [6.45, 7) is 0. The van der Waals surface area contributed by atoms with E-state index in [9.17, 15) is 4.79 Å². The van der Waals surface area contributed by atoms with E-state index in [1.54, 1.807) is 18.2 Å². The van der Waals surface area contributed by atoms with E-state index in [4.69, 9.17) is 20.8 Å². The second kappa shape index (κ2) is 4.03. The minimum Gasteiger partial charge on any atom is -0.495 e. The van der Waals surface area contributed by atoms with Crippen LogP contribution in [0.3, 0.4) is 0 Å². The quantitative estimate of drug-likeness (QED) is 0.496. The molecule has 1 heterocycles. The van der Waals surface area contributed by atoms with Gasteiger partial charge in [-0.2, -0.15) is 0 Å². The highest BCUT2D eigenvalue weighted by atomic mass is 35.5. The fourth-order valence-electron chi connectivity index (χ4n) is 2.05. The van der Waals surface area contributed by atoms with Crippen LogP contribution in [0.15, 0.2) is 45.6 Å². The summed E-state index contributed by atoms with van der Waals surface area (Å²) in [5.74, 6) is 0.489. The average Bonchev–Trinajstić information content (AvgIpc) is 2.41. The zero-order chi connectivity index (χ0) is 12.7. The highest BCUT2D eigenvalue weighted by Crippen LogP contribution is 2.34. The minimum atomic E-state index is -0.395. The van der Waals surface area contributed by atoms with Crippen molar-refractivity contribution in [2.75, 3.05) is 7.11 Å². The van der Waals surface area contributed by atoms with Crippen LogP contribution in [0.2, 0.25) is 5.02 Å². The van der Waals surface area contributed by atoms with E-state index in [2.05, 4.69) is 0 Å². The van der Waals surface area contributed by atoms with E-state index >= 15 is 0 Å². The van der Waals surface area contributed by atoms with Crippen molar-refractivity contribution in [2.45, 2.75) is 0 Å². The highest BCUT2D eigenvalue weighted by molar-refractivity contribution is 6.37. The topological polar surface area (TPSA) is 39.4 Å². The van der Waals surface area contributed by atoms with Gasteiger partial charge < -0.3 is 9.15 Å². The van der Waals surface area contributed by atoms with Crippen LogP contribution in [-0.4, -0.2) is 7.11 Å². The van der Waals surface area contributed by atoms with Gasteiger partial charge in [-0.3, -0.25) is 0 Å². The lowest BCUT2D eigenvalue weighted by atomic mass is 10.1. The van der Waals surface area contributed by atoms with Crippen molar-refractivity contribution in [3.63, 3.8) is 0 Å². The predicted octanol–water partition coefficient (Wildman–Crippen LogP) is 3.61. The molecule has 3 nitrogen and oxygen atoms in total. The zero-order valence-electron chi connectivity index (χ0n) is 9.57. The summed E-state index contributed by atoms with van der Waals surface area (Å²) in [5, 5.41) is 2.49. The summed E-state index contributed by atoms with van der Waals surface area (Å²) >= 11 is 6.16. The monoisotopic (exact) mass is 260 g/mol. The van der Waals surface area contributed by atoms with Gasteiger partial charge in [-0.25, -0.2) is 4.79 Å². The normalized spacial score (nSPS) is 11.0. The average molecular weight is 261 g/mol. The Morgan fingerprint density at radius 2 is 1.78 bits per heavy atom. The Labute approximate surface area is 108 Å². The van der Waals surface area contributed by atoms with Crippen LogP contribution in [0, 0.1) is 0 Å². The lowest BCUT2D eigenvalue weighted by molar-refractivity contribution is 0.414. The summed E-state index contributed by atoms with van der Waals surface area (Å²) in [7, 11) is 1.52. The van der Waals surface area contributed by atoms with Gasteiger partial charge in [-0.15, -0.1) is 0 Å². The first-order valence-electron chi connectivity index (χ1n) is 5.40. The third-order valence-electron chi connectivity index (χ3n) is 2.91. The molecule has 0 saturated carbocycles. The molecule has 0 saturated heterocycles. The van der Waals surface area contributed by atoms with Crippen molar-refractivity contribution >= 4 is 33.3 Å². The van der Waals surface area contributed by atoms with Crippen LogP contribution in [0.1, 0.15) is 0 Å². The molecule has 0 fully saturated rings. The van der Waals surface area contributed by atoms with Crippen LogP contribution in [0.5, 0.6) is 5.75 Å². The number of methoxy groups -OCH3 is 1. The number of fused-ring (bicyclic) bond motifs is 3. The minimum absolute atomic E-state index is 0.317. The van der Waals surface area contributed by atoms with Crippen LogP contribution in [0.4, 0.5) is 0 Å². The summed E-state index contributed by atoms with van der Waals surface area (Å²) in [6, 6.07) is 10.9. The lowest BCUT2D eigenvalue weighted by Gasteiger charge is -2.07. The largest absolute Gasteiger partial charge is 0.495 e. The maximum Gasteiger partial charge on any atom is 0.344 e. The molecule has 0 bridgehead atoms. The van der Waals surface area contributed by atoms with Gasteiger partial charge in [-0.05, 0) is 23.6 Å². The molecule has 0 spiro atoms. The molecule has 0 amide bonds. The maximum absolute atomic E-state index is 11.9. The molecular formula is C14H9ClO3. The summed E-state index contributed by atoms with van der Waals surface area (Å²) in [5.41, 5.74) is -0.0343. The van der Waals surface area contributed by atoms with Gasteiger partial charge in [0.15, 0.2) is 5.58 Å². The molecule has 18 heavy (non-hydrogen) atoms. The van der Waals surface area contributed by atoms with Crippen molar-refractivity contribution < 1.29 is 9.15 Å². The van der Waals surface area contributed by atoms with E-state index < -0.39 is 5.63 Å². The van der Waals surface area contributed by atoms with Crippen molar-refractivity contribution in [1.82, 2.24) is 0 Å². The fourth-order valence-corrected chi connectivity index (χ4v) is 2.33. The summed E-state index contributed by atoms with van der Waals surface area (Å²) in [6.07, 6.45) is 0. The molecular weight excluding hydrogens is 252 g/mol. The Hall–Kier alpha value is -2.00. The molecule has 3 aromatic rings. The van der Waals surface area contributed by atoms with Gasteiger partial charge in [0.25, 0.3) is 0 Å². The third-order valence-corrected chi connectivity index (χ3v) is 3.27. The van der Waals surface area contributed by atoms with Crippen molar-refractivity contribution in [2.24, 2.45) is 0 Å². The van der Waals surface area contributed by atoms with Gasteiger partial charge in [0.2, 0.25) is 0 Å². The van der Waals surface area contributed by atoms with Crippen LogP contribution < -0.4 is 10.4 Å². The Bertz CT molecular complexity index is 805. The van der Waals surface area contributed by atoms with Crippen molar-refractivity contribution in [3.05, 3.63) is 51.8 Å². The molecule has 0 aliphatic rings. The number of hydrogen-bond acceptors (Lipinski definition) is 3. The second-order valence-corrected chi connectivity index (χ2v) is 4.27.